The number of nitrogens with zero attached hydrogens (tertiary/aromatic N) is 3. The van der Waals surface area contributed by atoms with Crippen LogP contribution in [0.1, 0.15) is 43.0 Å². The van der Waals surface area contributed by atoms with Gasteiger partial charge >= 0.3 is 5.97 Å². The van der Waals surface area contributed by atoms with Gasteiger partial charge in [-0.3, -0.25) is 14.6 Å². The van der Waals surface area contributed by atoms with Crippen molar-refractivity contribution < 1.29 is 23.8 Å². The molecular formula is C37H39ClN4O5S. The minimum atomic E-state index is -0.656. The van der Waals surface area contributed by atoms with Crippen molar-refractivity contribution in [3.8, 4) is 11.5 Å². The Kier molecular flexibility index (Phi) is 14.5. The number of carbonyl (C=O) groups is 2. The first kappa shape index (κ1) is 36.2. The van der Waals surface area contributed by atoms with Crippen molar-refractivity contribution in [1.82, 2.24) is 10.3 Å². The van der Waals surface area contributed by atoms with Gasteiger partial charge in [0, 0.05) is 23.7 Å². The van der Waals surface area contributed by atoms with Gasteiger partial charge in [0.25, 0.3) is 0 Å². The second-order valence-electron chi connectivity index (χ2n) is 10.9. The number of pyridine rings is 1. The van der Waals surface area contributed by atoms with E-state index in [2.05, 4.69) is 20.5 Å². The molecule has 0 bridgehead atoms. The Labute approximate surface area is 290 Å². The second-order valence-corrected chi connectivity index (χ2v) is 12.6. The van der Waals surface area contributed by atoms with E-state index in [0.717, 1.165) is 39.5 Å². The van der Waals surface area contributed by atoms with Crippen LogP contribution in [0.25, 0.3) is 0 Å². The summed E-state index contributed by atoms with van der Waals surface area (Å²) >= 11 is 7.43. The fourth-order valence-corrected chi connectivity index (χ4v) is 5.50. The molecule has 48 heavy (non-hydrogen) atoms. The maximum absolute atomic E-state index is 12.1. The van der Waals surface area contributed by atoms with Crippen LogP contribution in [0.3, 0.4) is 0 Å². The number of ether oxygens (including phenoxy) is 3. The van der Waals surface area contributed by atoms with E-state index >= 15 is 0 Å². The Bertz CT molecular complexity index is 1650. The summed E-state index contributed by atoms with van der Waals surface area (Å²) in [4.78, 5) is 27.6. The van der Waals surface area contributed by atoms with Gasteiger partial charge in [0.15, 0.2) is 5.17 Å². The van der Waals surface area contributed by atoms with Crippen LogP contribution < -0.4 is 14.8 Å². The fourth-order valence-electron chi connectivity index (χ4n) is 4.30. The Morgan fingerprint density at radius 1 is 0.875 bits per heavy atom. The molecule has 0 aliphatic carbocycles. The lowest BCUT2D eigenvalue weighted by atomic mass is 10.1. The number of hydrogen-bond acceptors (Lipinski definition) is 9. The number of esters is 1. The van der Waals surface area contributed by atoms with E-state index in [1.54, 1.807) is 19.3 Å². The number of thioether (sulfide) groups is 1. The summed E-state index contributed by atoms with van der Waals surface area (Å²) in [6.45, 7) is 6.84. The summed E-state index contributed by atoms with van der Waals surface area (Å²) in [6, 6.07) is 29.2. The monoisotopic (exact) mass is 686 g/mol. The summed E-state index contributed by atoms with van der Waals surface area (Å²) < 4.78 is 16.4. The van der Waals surface area contributed by atoms with Crippen molar-refractivity contribution in [3.63, 3.8) is 0 Å². The minimum absolute atomic E-state index is 0.0328. The van der Waals surface area contributed by atoms with Crippen molar-refractivity contribution in [1.29, 1.82) is 0 Å². The maximum Gasteiger partial charge on any atom is 0.324 e. The Balaban J connectivity index is 0.000000220. The molecule has 250 valence electrons. The van der Waals surface area contributed by atoms with E-state index in [-0.39, 0.29) is 17.1 Å². The van der Waals surface area contributed by atoms with Gasteiger partial charge in [-0.05, 0) is 80.6 Å². The highest BCUT2D eigenvalue weighted by atomic mass is 35.5. The molecule has 2 unspecified atom stereocenters. The molecule has 9 nitrogen and oxygen atoms in total. The molecule has 0 radical (unpaired) electrons. The highest BCUT2D eigenvalue weighted by Crippen LogP contribution is 2.25. The Morgan fingerprint density at radius 2 is 1.50 bits per heavy atom. The fraction of sp³-hybridized carbons (Fsp3) is 0.270. The number of amidine groups is 1. The van der Waals surface area contributed by atoms with Crippen molar-refractivity contribution in [3.05, 3.63) is 126 Å². The molecule has 4 aromatic rings. The number of nitrogens with one attached hydrogen (secondary N) is 1. The normalized spacial score (nSPS) is 15.0. The molecule has 3 aromatic carbocycles. The first-order chi connectivity index (χ1) is 23.3. The van der Waals surface area contributed by atoms with E-state index in [4.69, 9.17) is 25.8 Å². The molecule has 1 aliphatic rings. The van der Waals surface area contributed by atoms with Crippen LogP contribution in [-0.2, 0) is 40.4 Å². The van der Waals surface area contributed by atoms with Gasteiger partial charge in [0.2, 0.25) is 5.91 Å². The second kappa shape index (κ2) is 19.2. The van der Waals surface area contributed by atoms with Crippen LogP contribution >= 0.6 is 23.4 Å². The zero-order valence-electron chi connectivity index (χ0n) is 27.2. The van der Waals surface area contributed by atoms with Crippen molar-refractivity contribution >= 4 is 46.1 Å². The standard InChI is InChI=1S/C19H20N4O2S.C18H19ClO3/c1-13(2)22-23-19-21-18(24)17(26-19)10-14-5-7-16(8-6-14)25-12-15-4-3-9-20-11-15;1-2-21-18(20)17(19)12-14-8-10-16(11-9-14)22-13-15-6-4-3-5-7-15/h3-9,11,17H,10,12H2,1-2H3,(H,21,23,24);3-11,17H,2,12-13H2,1H3. The number of alkyl halides is 1. The van der Waals surface area contributed by atoms with Crippen molar-refractivity contribution in [2.75, 3.05) is 6.61 Å². The minimum Gasteiger partial charge on any atom is -0.489 e. The van der Waals surface area contributed by atoms with Crippen LogP contribution in [0, 0.1) is 0 Å². The molecule has 5 rings (SSSR count). The largest absolute Gasteiger partial charge is 0.489 e. The lowest BCUT2D eigenvalue weighted by Crippen LogP contribution is -2.25. The molecule has 1 N–H and O–H groups in total. The third-order valence-corrected chi connectivity index (χ3v) is 8.12. The van der Waals surface area contributed by atoms with E-state index in [1.165, 1.54) is 11.8 Å². The highest BCUT2D eigenvalue weighted by Gasteiger charge is 2.30. The summed E-state index contributed by atoms with van der Waals surface area (Å²) in [5.74, 6) is 1.16. The van der Waals surface area contributed by atoms with Crippen LogP contribution in [0.15, 0.2) is 114 Å². The smallest absolute Gasteiger partial charge is 0.324 e. The molecule has 1 amide bonds. The van der Waals surface area contributed by atoms with E-state index in [0.29, 0.717) is 37.8 Å². The number of amides is 1. The first-order valence-electron chi connectivity index (χ1n) is 15.5. The average Bonchev–Trinajstić information content (AvgIpc) is 3.46. The molecule has 0 spiro atoms. The summed E-state index contributed by atoms with van der Waals surface area (Å²) in [7, 11) is 0. The van der Waals surface area contributed by atoms with Crippen LogP contribution in [-0.4, -0.2) is 45.0 Å². The number of carbonyl (C=O) groups excluding carboxylic acids is 2. The van der Waals surface area contributed by atoms with Gasteiger partial charge in [0.1, 0.15) is 30.1 Å². The molecule has 1 aromatic heterocycles. The number of hydrogen-bond donors (Lipinski definition) is 1. The topological polar surface area (TPSA) is 111 Å². The van der Waals surface area contributed by atoms with Gasteiger partial charge < -0.3 is 19.5 Å². The molecular weight excluding hydrogens is 648 g/mol. The van der Waals surface area contributed by atoms with Gasteiger partial charge in [-0.1, -0.05) is 72.4 Å². The maximum atomic E-state index is 12.1. The average molecular weight is 687 g/mol. The van der Waals surface area contributed by atoms with Crippen LogP contribution in [0.5, 0.6) is 11.5 Å². The zero-order valence-corrected chi connectivity index (χ0v) is 28.7. The number of benzene rings is 3. The highest BCUT2D eigenvalue weighted by molar-refractivity contribution is 8.15. The van der Waals surface area contributed by atoms with Crippen molar-refractivity contribution in [2.24, 2.45) is 10.2 Å². The summed E-state index contributed by atoms with van der Waals surface area (Å²) in [6.07, 6.45) is 4.60. The zero-order chi connectivity index (χ0) is 34.1. The van der Waals surface area contributed by atoms with E-state index in [9.17, 15) is 9.59 Å². The number of rotatable bonds is 13. The molecule has 1 saturated heterocycles. The van der Waals surface area contributed by atoms with Gasteiger partial charge in [-0.15, -0.1) is 16.7 Å². The van der Waals surface area contributed by atoms with Gasteiger partial charge in [-0.25, -0.2) is 0 Å². The predicted octanol–water partition coefficient (Wildman–Crippen LogP) is 7.17. The number of aromatic nitrogens is 1. The van der Waals surface area contributed by atoms with Crippen molar-refractivity contribution in [2.45, 2.75) is 57.5 Å². The number of halogens is 1. The third kappa shape index (κ3) is 12.5. The quantitative estimate of drug-likeness (QED) is 0.0687. The molecule has 2 atom stereocenters. The molecule has 2 heterocycles. The molecule has 11 heteroatoms. The Hall–Kier alpha value is -4.67. The molecule has 1 aliphatic heterocycles. The molecule has 1 fully saturated rings. The van der Waals surface area contributed by atoms with E-state index in [1.807, 2.05) is 105 Å². The summed E-state index contributed by atoms with van der Waals surface area (Å²) in [5.41, 5.74) is 5.03. The van der Waals surface area contributed by atoms with Gasteiger partial charge in [0.05, 0.1) is 11.9 Å². The van der Waals surface area contributed by atoms with E-state index < -0.39 is 5.38 Å². The third-order valence-electron chi connectivity index (χ3n) is 6.72. The Morgan fingerprint density at radius 3 is 2.10 bits per heavy atom. The molecule has 0 saturated carbocycles. The van der Waals surface area contributed by atoms with Gasteiger partial charge in [-0.2, -0.15) is 5.10 Å². The van der Waals surface area contributed by atoms with Crippen LogP contribution in [0.2, 0.25) is 0 Å². The first-order valence-corrected chi connectivity index (χ1v) is 16.8. The van der Waals surface area contributed by atoms with Crippen LogP contribution in [0.4, 0.5) is 0 Å². The predicted molar refractivity (Wildman–Crippen MR) is 192 cm³/mol. The lowest BCUT2D eigenvalue weighted by molar-refractivity contribution is -0.142. The lowest BCUT2D eigenvalue weighted by Gasteiger charge is -2.10. The SMILES string of the molecule is CC(C)=NN=C1NC(=O)C(Cc2ccc(OCc3cccnc3)cc2)S1.CCOC(=O)C(Cl)Cc1ccc(OCc2ccccc2)cc1. The summed E-state index contributed by atoms with van der Waals surface area (Å²) in [5, 5.41) is 10.5.